The summed E-state index contributed by atoms with van der Waals surface area (Å²) < 4.78 is 0. The van der Waals surface area contributed by atoms with Crippen LogP contribution in [0.2, 0.25) is 0 Å². The minimum atomic E-state index is -0.372. The molecule has 3 N–H and O–H groups in total. The highest BCUT2D eigenvalue weighted by Gasteiger charge is 2.28. The molecule has 0 aromatic heterocycles. The molecular formula is C20H29ClN4O3. The SMILES string of the molecule is Cl.O=C(NCCNC1CCCCCC1)c1ccc(CN2C(=O)CNC2=O)cc1. The summed E-state index contributed by atoms with van der Waals surface area (Å²) in [5.41, 5.74) is 1.39. The lowest BCUT2D eigenvalue weighted by atomic mass is 10.1. The van der Waals surface area contributed by atoms with Gasteiger partial charge in [0.2, 0.25) is 5.91 Å². The molecule has 2 aliphatic rings. The second-order valence-electron chi connectivity index (χ2n) is 7.23. The Kier molecular flexibility index (Phi) is 8.73. The van der Waals surface area contributed by atoms with E-state index in [1.807, 2.05) is 0 Å². The van der Waals surface area contributed by atoms with Crippen molar-refractivity contribution < 1.29 is 14.4 Å². The van der Waals surface area contributed by atoms with Crippen LogP contribution in [0.5, 0.6) is 0 Å². The van der Waals surface area contributed by atoms with Crippen LogP contribution in [0.3, 0.4) is 0 Å². The largest absolute Gasteiger partial charge is 0.351 e. The van der Waals surface area contributed by atoms with E-state index in [9.17, 15) is 14.4 Å². The molecule has 4 amide bonds. The second kappa shape index (κ2) is 11.0. The Labute approximate surface area is 172 Å². The van der Waals surface area contributed by atoms with Gasteiger partial charge in [-0.15, -0.1) is 12.4 Å². The quantitative estimate of drug-likeness (QED) is 0.366. The van der Waals surface area contributed by atoms with Crippen molar-refractivity contribution in [1.29, 1.82) is 0 Å². The van der Waals surface area contributed by atoms with Crippen molar-refractivity contribution in [3.8, 4) is 0 Å². The van der Waals surface area contributed by atoms with Crippen LogP contribution in [-0.2, 0) is 11.3 Å². The average Bonchev–Trinajstić information content (AvgIpc) is 2.88. The van der Waals surface area contributed by atoms with E-state index in [1.54, 1.807) is 24.3 Å². The lowest BCUT2D eigenvalue weighted by Gasteiger charge is -2.16. The van der Waals surface area contributed by atoms with Gasteiger partial charge in [-0.2, -0.15) is 0 Å². The number of nitrogens with zero attached hydrogens (tertiary/aromatic N) is 1. The molecule has 3 rings (SSSR count). The number of carbonyl (C=O) groups excluding carboxylic acids is 3. The number of rotatable bonds is 7. The molecule has 0 radical (unpaired) electrons. The maximum Gasteiger partial charge on any atom is 0.324 e. The summed E-state index contributed by atoms with van der Waals surface area (Å²) in [6.45, 7) is 1.65. The molecule has 0 bridgehead atoms. The summed E-state index contributed by atoms with van der Waals surface area (Å²) in [6.07, 6.45) is 7.71. The summed E-state index contributed by atoms with van der Waals surface area (Å²) in [6, 6.07) is 7.20. The van der Waals surface area contributed by atoms with E-state index in [2.05, 4.69) is 16.0 Å². The minimum absolute atomic E-state index is 0. The summed E-state index contributed by atoms with van der Waals surface area (Å²) in [7, 11) is 0. The van der Waals surface area contributed by atoms with E-state index >= 15 is 0 Å². The van der Waals surface area contributed by atoms with E-state index in [1.165, 1.54) is 43.4 Å². The maximum atomic E-state index is 12.2. The van der Waals surface area contributed by atoms with Crippen molar-refractivity contribution in [1.82, 2.24) is 20.9 Å². The number of hydrogen-bond donors (Lipinski definition) is 3. The van der Waals surface area contributed by atoms with Crippen LogP contribution in [-0.4, -0.2) is 48.4 Å². The normalized spacial score (nSPS) is 17.6. The Bertz CT molecular complexity index is 657. The lowest BCUT2D eigenvalue weighted by molar-refractivity contribution is -0.125. The molecule has 0 spiro atoms. The summed E-state index contributed by atoms with van der Waals surface area (Å²) in [5, 5.41) is 8.96. The number of imide groups is 1. The molecule has 0 atom stereocenters. The Morgan fingerprint density at radius 2 is 1.71 bits per heavy atom. The Hall–Kier alpha value is -2.12. The third-order valence-corrected chi connectivity index (χ3v) is 5.19. The van der Waals surface area contributed by atoms with Crippen molar-refractivity contribution in [2.24, 2.45) is 0 Å². The van der Waals surface area contributed by atoms with E-state index in [0.717, 1.165) is 12.1 Å². The van der Waals surface area contributed by atoms with Gasteiger partial charge in [-0.1, -0.05) is 37.8 Å². The zero-order valence-corrected chi connectivity index (χ0v) is 16.9. The molecular weight excluding hydrogens is 380 g/mol. The Morgan fingerprint density at radius 3 is 2.32 bits per heavy atom. The second-order valence-corrected chi connectivity index (χ2v) is 7.23. The van der Waals surface area contributed by atoms with Gasteiger partial charge in [0.15, 0.2) is 0 Å². The smallest absolute Gasteiger partial charge is 0.324 e. The number of nitrogens with one attached hydrogen (secondary N) is 3. The summed E-state index contributed by atoms with van der Waals surface area (Å²) >= 11 is 0. The molecule has 1 saturated heterocycles. The van der Waals surface area contributed by atoms with Gasteiger partial charge in [0.25, 0.3) is 5.91 Å². The fraction of sp³-hybridized carbons (Fsp3) is 0.550. The molecule has 8 heteroatoms. The molecule has 28 heavy (non-hydrogen) atoms. The molecule has 154 valence electrons. The Balaban J connectivity index is 0.00000280. The number of urea groups is 1. The molecule has 1 aliphatic carbocycles. The van der Waals surface area contributed by atoms with Gasteiger partial charge >= 0.3 is 6.03 Å². The number of carbonyl (C=O) groups is 3. The predicted molar refractivity (Wildman–Crippen MR) is 109 cm³/mol. The van der Waals surface area contributed by atoms with Crippen molar-refractivity contribution in [2.45, 2.75) is 51.1 Å². The van der Waals surface area contributed by atoms with Gasteiger partial charge in [-0.25, -0.2) is 4.79 Å². The predicted octanol–water partition coefficient (Wildman–Crippen LogP) is 2.20. The molecule has 1 heterocycles. The van der Waals surface area contributed by atoms with Crippen LogP contribution in [0.15, 0.2) is 24.3 Å². The third-order valence-electron chi connectivity index (χ3n) is 5.19. The van der Waals surface area contributed by atoms with Crippen molar-refractivity contribution >= 4 is 30.3 Å². The topological polar surface area (TPSA) is 90.5 Å². The van der Waals surface area contributed by atoms with E-state index in [-0.39, 0.29) is 43.3 Å². The fourth-order valence-electron chi connectivity index (χ4n) is 3.60. The van der Waals surface area contributed by atoms with E-state index < -0.39 is 0 Å². The highest BCUT2D eigenvalue weighted by Crippen LogP contribution is 2.16. The zero-order valence-electron chi connectivity index (χ0n) is 16.0. The monoisotopic (exact) mass is 408 g/mol. The maximum absolute atomic E-state index is 12.2. The molecule has 0 unspecified atom stereocenters. The zero-order chi connectivity index (χ0) is 19.1. The van der Waals surface area contributed by atoms with Crippen LogP contribution < -0.4 is 16.0 Å². The standard InChI is InChI=1S/C20H28N4O3.ClH/c25-18-13-23-20(27)24(18)14-15-7-9-16(10-8-15)19(26)22-12-11-21-17-5-3-1-2-4-6-17;/h7-10,17,21H,1-6,11-14H2,(H,22,26)(H,23,27);1H. The van der Waals surface area contributed by atoms with Gasteiger partial charge in [0, 0.05) is 24.7 Å². The first-order chi connectivity index (χ1) is 13.1. The number of benzene rings is 1. The molecule has 7 nitrogen and oxygen atoms in total. The van der Waals surface area contributed by atoms with Crippen LogP contribution in [0.25, 0.3) is 0 Å². The fourth-order valence-corrected chi connectivity index (χ4v) is 3.60. The average molecular weight is 409 g/mol. The highest BCUT2D eigenvalue weighted by atomic mass is 35.5. The molecule has 2 fully saturated rings. The third kappa shape index (κ3) is 6.21. The summed E-state index contributed by atoms with van der Waals surface area (Å²) in [5.74, 6) is -0.345. The van der Waals surface area contributed by atoms with E-state index in [4.69, 9.17) is 0 Å². The number of halogens is 1. The number of hydrogen-bond acceptors (Lipinski definition) is 4. The van der Waals surface area contributed by atoms with Gasteiger partial charge in [0.05, 0.1) is 13.1 Å². The highest BCUT2D eigenvalue weighted by molar-refractivity contribution is 6.01. The van der Waals surface area contributed by atoms with Gasteiger partial charge in [0.1, 0.15) is 0 Å². The van der Waals surface area contributed by atoms with Gasteiger partial charge in [-0.3, -0.25) is 14.5 Å². The van der Waals surface area contributed by atoms with Crippen molar-refractivity contribution in [3.05, 3.63) is 35.4 Å². The van der Waals surface area contributed by atoms with E-state index in [0.29, 0.717) is 18.2 Å². The Morgan fingerprint density at radius 1 is 1.04 bits per heavy atom. The van der Waals surface area contributed by atoms with Crippen LogP contribution in [0, 0.1) is 0 Å². The van der Waals surface area contributed by atoms with Crippen molar-refractivity contribution in [2.75, 3.05) is 19.6 Å². The first kappa shape index (κ1) is 22.2. The van der Waals surface area contributed by atoms with Crippen molar-refractivity contribution in [3.63, 3.8) is 0 Å². The van der Waals surface area contributed by atoms with Crippen LogP contribution in [0.1, 0.15) is 54.4 Å². The summed E-state index contributed by atoms with van der Waals surface area (Å²) in [4.78, 5) is 36.6. The molecule has 1 aliphatic heterocycles. The van der Waals surface area contributed by atoms with Gasteiger partial charge in [-0.05, 0) is 30.5 Å². The first-order valence-electron chi connectivity index (χ1n) is 9.82. The minimum Gasteiger partial charge on any atom is -0.351 e. The van der Waals surface area contributed by atoms with Crippen LogP contribution >= 0.6 is 12.4 Å². The molecule has 1 aromatic rings. The molecule has 1 aromatic carbocycles. The van der Waals surface area contributed by atoms with Crippen LogP contribution in [0.4, 0.5) is 4.79 Å². The lowest BCUT2D eigenvalue weighted by Crippen LogP contribution is -2.36. The first-order valence-corrected chi connectivity index (χ1v) is 9.82. The van der Waals surface area contributed by atoms with Gasteiger partial charge < -0.3 is 16.0 Å². The number of amides is 4. The molecule has 1 saturated carbocycles.